The van der Waals surface area contributed by atoms with Crippen molar-refractivity contribution in [3.63, 3.8) is 0 Å². The highest BCUT2D eigenvalue weighted by molar-refractivity contribution is 6.29. The van der Waals surface area contributed by atoms with Crippen molar-refractivity contribution in [1.82, 2.24) is 20.1 Å². The standard InChI is InChI=1S/C17H22ClF2N5/c1-25-6-4-14(24-25)12-9-23-15(18)7-13(12)17(21)5-2-3-11(8-17)22-10-16(19)20/h4,6-7,9,11,16,22H,2-3,5,8,10,21H2,1H3. The molecule has 2 atom stereocenters. The van der Waals surface area contributed by atoms with E-state index in [-0.39, 0.29) is 12.6 Å². The zero-order valence-corrected chi connectivity index (χ0v) is 14.8. The van der Waals surface area contributed by atoms with Crippen LogP contribution in [0.5, 0.6) is 0 Å². The second-order valence-corrected chi connectivity index (χ2v) is 7.06. The molecular formula is C17H22ClF2N5. The molecule has 8 heteroatoms. The van der Waals surface area contributed by atoms with E-state index in [4.69, 9.17) is 17.3 Å². The summed E-state index contributed by atoms with van der Waals surface area (Å²) < 4.78 is 26.7. The number of halogens is 3. The van der Waals surface area contributed by atoms with E-state index in [1.807, 2.05) is 19.3 Å². The number of nitrogens with two attached hydrogens (primary N) is 1. The van der Waals surface area contributed by atoms with Crippen molar-refractivity contribution >= 4 is 11.6 Å². The van der Waals surface area contributed by atoms with Gasteiger partial charge < -0.3 is 11.1 Å². The molecule has 3 N–H and O–H groups in total. The van der Waals surface area contributed by atoms with E-state index in [0.717, 1.165) is 36.1 Å². The average molecular weight is 370 g/mol. The number of alkyl halides is 2. The predicted octanol–water partition coefficient (Wildman–Crippen LogP) is 3.09. The fourth-order valence-electron chi connectivity index (χ4n) is 3.59. The molecule has 0 amide bonds. The Morgan fingerprint density at radius 2 is 2.32 bits per heavy atom. The Morgan fingerprint density at radius 1 is 1.52 bits per heavy atom. The van der Waals surface area contributed by atoms with Gasteiger partial charge in [0, 0.05) is 36.6 Å². The molecule has 1 aliphatic carbocycles. The van der Waals surface area contributed by atoms with E-state index in [2.05, 4.69) is 15.4 Å². The molecule has 1 fully saturated rings. The molecule has 0 radical (unpaired) electrons. The SMILES string of the molecule is Cn1ccc(-c2cnc(Cl)cc2C2(N)CCCC(NCC(F)F)C2)n1. The van der Waals surface area contributed by atoms with E-state index >= 15 is 0 Å². The highest BCUT2D eigenvalue weighted by atomic mass is 35.5. The lowest BCUT2D eigenvalue weighted by Gasteiger charge is -2.39. The van der Waals surface area contributed by atoms with Gasteiger partial charge >= 0.3 is 0 Å². The molecule has 136 valence electrons. The number of pyridine rings is 1. The summed E-state index contributed by atoms with van der Waals surface area (Å²) in [5, 5.41) is 7.73. The van der Waals surface area contributed by atoms with Gasteiger partial charge in [0.1, 0.15) is 5.15 Å². The van der Waals surface area contributed by atoms with Crippen LogP contribution in [-0.2, 0) is 12.6 Å². The van der Waals surface area contributed by atoms with Crippen LogP contribution >= 0.6 is 11.6 Å². The molecule has 2 aromatic rings. The largest absolute Gasteiger partial charge is 0.321 e. The minimum Gasteiger partial charge on any atom is -0.321 e. The van der Waals surface area contributed by atoms with Crippen molar-refractivity contribution < 1.29 is 8.78 Å². The Kier molecular flexibility index (Phi) is 5.36. The van der Waals surface area contributed by atoms with E-state index in [1.165, 1.54) is 0 Å². The summed E-state index contributed by atoms with van der Waals surface area (Å²) in [7, 11) is 1.84. The first kappa shape index (κ1) is 18.2. The highest BCUT2D eigenvalue weighted by Crippen LogP contribution is 2.40. The van der Waals surface area contributed by atoms with Crippen molar-refractivity contribution in [2.75, 3.05) is 6.54 Å². The van der Waals surface area contributed by atoms with Gasteiger partial charge in [0.15, 0.2) is 0 Å². The summed E-state index contributed by atoms with van der Waals surface area (Å²) >= 11 is 6.12. The van der Waals surface area contributed by atoms with Crippen LogP contribution in [0.15, 0.2) is 24.5 Å². The van der Waals surface area contributed by atoms with Gasteiger partial charge in [0.05, 0.1) is 12.2 Å². The van der Waals surface area contributed by atoms with Crippen LogP contribution < -0.4 is 11.1 Å². The summed E-state index contributed by atoms with van der Waals surface area (Å²) in [5.74, 6) is 0. The second kappa shape index (κ2) is 7.35. The quantitative estimate of drug-likeness (QED) is 0.795. The Morgan fingerprint density at radius 3 is 3.00 bits per heavy atom. The van der Waals surface area contributed by atoms with E-state index in [0.29, 0.717) is 11.6 Å². The van der Waals surface area contributed by atoms with Gasteiger partial charge in [-0.15, -0.1) is 0 Å². The molecule has 3 rings (SSSR count). The third-order valence-electron chi connectivity index (χ3n) is 4.74. The van der Waals surface area contributed by atoms with Crippen LogP contribution in [0.25, 0.3) is 11.3 Å². The minimum absolute atomic E-state index is 0.0451. The van der Waals surface area contributed by atoms with Crippen LogP contribution in [0.1, 0.15) is 31.2 Å². The van der Waals surface area contributed by atoms with Crippen molar-refractivity contribution in [2.24, 2.45) is 12.8 Å². The summed E-state index contributed by atoms with van der Waals surface area (Å²) in [6.07, 6.45) is 4.20. The van der Waals surface area contributed by atoms with Gasteiger partial charge in [-0.1, -0.05) is 11.6 Å². The van der Waals surface area contributed by atoms with Crippen molar-refractivity contribution in [2.45, 2.75) is 43.7 Å². The van der Waals surface area contributed by atoms with Gasteiger partial charge in [-0.2, -0.15) is 5.10 Å². The molecule has 0 saturated heterocycles. The lowest BCUT2D eigenvalue weighted by atomic mass is 9.74. The lowest BCUT2D eigenvalue weighted by molar-refractivity contribution is 0.131. The summed E-state index contributed by atoms with van der Waals surface area (Å²) in [5.41, 5.74) is 8.56. The van der Waals surface area contributed by atoms with Crippen LogP contribution in [0, 0.1) is 0 Å². The first-order valence-electron chi connectivity index (χ1n) is 8.34. The second-order valence-electron chi connectivity index (χ2n) is 6.68. The predicted molar refractivity (Wildman–Crippen MR) is 93.6 cm³/mol. The Bertz CT molecular complexity index is 736. The Hall–Kier alpha value is -1.57. The smallest absolute Gasteiger partial charge is 0.250 e. The highest BCUT2D eigenvalue weighted by Gasteiger charge is 2.36. The number of aromatic nitrogens is 3. The Labute approximate surface area is 150 Å². The number of hydrogen-bond acceptors (Lipinski definition) is 4. The van der Waals surface area contributed by atoms with Crippen molar-refractivity contribution in [3.05, 3.63) is 35.2 Å². The van der Waals surface area contributed by atoms with E-state index in [9.17, 15) is 8.78 Å². The maximum atomic E-state index is 12.5. The molecule has 5 nitrogen and oxygen atoms in total. The zero-order chi connectivity index (χ0) is 18.0. The molecular weight excluding hydrogens is 348 g/mol. The number of hydrogen-bond donors (Lipinski definition) is 2. The molecule has 2 aromatic heterocycles. The van der Waals surface area contributed by atoms with Gasteiger partial charge in [-0.05, 0) is 43.4 Å². The minimum atomic E-state index is -2.37. The van der Waals surface area contributed by atoms with E-state index < -0.39 is 12.0 Å². The normalized spacial score (nSPS) is 24.0. The van der Waals surface area contributed by atoms with Crippen LogP contribution in [0.3, 0.4) is 0 Å². The first-order chi connectivity index (χ1) is 11.9. The molecule has 25 heavy (non-hydrogen) atoms. The van der Waals surface area contributed by atoms with Crippen molar-refractivity contribution in [3.8, 4) is 11.3 Å². The first-order valence-corrected chi connectivity index (χ1v) is 8.71. The van der Waals surface area contributed by atoms with Gasteiger partial charge in [-0.25, -0.2) is 13.8 Å². The molecule has 2 heterocycles. The summed E-state index contributed by atoms with van der Waals surface area (Å²) in [4.78, 5) is 4.18. The molecule has 1 saturated carbocycles. The molecule has 0 bridgehead atoms. The number of nitrogens with zero attached hydrogens (tertiary/aromatic N) is 3. The Balaban J connectivity index is 1.92. The van der Waals surface area contributed by atoms with Gasteiger partial charge in [0.25, 0.3) is 6.43 Å². The summed E-state index contributed by atoms with van der Waals surface area (Å²) in [6, 6.07) is 3.63. The number of rotatable bonds is 5. The van der Waals surface area contributed by atoms with Gasteiger partial charge in [0.2, 0.25) is 0 Å². The fraction of sp³-hybridized carbons (Fsp3) is 0.529. The molecule has 0 aromatic carbocycles. The van der Waals surface area contributed by atoms with Crippen molar-refractivity contribution in [1.29, 1.82) is 0 Å². The lowest BCUT2D eigenvalue weighted by Crippen LogP contribution is -2.48. The van der Waals surface area contributed by atoms with Crippen LogP contribution in [0.2, 0.25) is 5.15 Å². The van der Waals surface area contributed by atoms with Gasteiger partial charge in [-0.3, -0.25) is 4.68 Å². The molecule has 0 spiro atoms. The number of nitrogens with one attached hydrogen (secondary N) is 1. The molecule has 1 aliphatic rings. The zero-order valence-electron chi connectivity index (χ0n) is 14.1. The maximum absolute atomic E-state index is 12.5. The summed E-state index contributed by atoms with van der Waals surface area (Å²) in [6.45, 7) is -0.315. The van der Waals surface area contributed by atoms with Crippen LogP contribution in [0.4, 0.5) is 8.78 Å². The number of aryl methyl sites for hydroxylation is 1. The van der Waals surface area contributed by atoms with Crippen LogP contribution in [-0.4, -0.2) is 33.8 Å². The van der Waals surface area contributed by atoms with E-state index in [1.54, 1.807) is 16.9 Å². The molecule has 0 aliphatic heterocycles. The monoisotopic (exact) mass is 369 g/mol. The third-order valence-corrected chi connectivity index (χ3v) is 4.95. The third kappa shape index (κ3) is 4.16. The average Bonchev–Trinajstić information content (AvgIpc) is 2.99. The fourth-order valence-corrected chi connectivity index (χ4v) is 3.74. The topological polar surface area (TPSA) is 68.8 Å². The molecule has 2 unspecified atom stereocenters. The maximum Gasteiger partial charge on any atom is 0.250 e.